The number of aromatic nitrogens is 2. The number of aliphatic hydroxyl groups excluding tert-OH is 1. The summed E-state index contributed by atoms with van der Waals surface area (Å²) in [6.07, 6.45) is 2.52. The van der Waals surface area contributed by atoms with Crippen LogP contribution in [0.5, 0.6) is 0 Å². The zero-order chi connectivity index (χ0) is 30.0. The standard InChI is InChI=1S/C34H44N4O4/c1-6-25-19-35-17-16-34(25,31(40)22(5)39)30(23-12-10-9-11-13-23)24-14-15-26-21(4)32(37-28(26)18-24)38-29(7-2)27(20-36-38)33(41)42-8-3/h9-15,18,20-22,25,30,32,35,37,39H,6-8,16-17,19H2,1-5H3/t21?,22-,25?,30?,32?,34?/m0/s1. The number of piperidine rings is 1. The first-order chi connectivity index (χ1) is 20.3. The summed E-state index contributed by atoms with van der Waals surface area (Å²) < 4.78 is 7.20. The van der Waals surface area contributed by atoms with Crippen LogP contribution < -0.4 is 10.6 Å². The van der Waals surface area contributed by atoms with E-state index in [9.17, 15) is 14.7 Å². The molecule has 6 atom stereocenters. The molecule has 5 rings (SSSR count). The molecule has 224 valence electrons. The summed E-state index contributed by atoms with van der Waals surface area (Å²) in [4.78, 5) is 26.7. The molecule has 0 saturated carbocycles. The zero-order valence-electron chi connectivity index (χ0n) is 25.4. The van der Waals surface area contributed by atoms with E-state index >= 15 is 0 Å². The zero-order valence-corrected chi connectivity index (χ0v) is 25.4. The third-order valence-corrected chi connectivity index (χ3v) is 9.48. The molecule has 8 heteroatoms. The topological polar surface area (TPSA) is 105 Å². The maximum absolute atomic E-state index is 14.1. The molecule has 5 unspecified atom stereocenters. The molecule has 3 N–H and O–H groups in total. The van der Waals surface area contributed by atoms with E-state index in [-0.39, 0.29) is 35.7 Å². The van der Waals surface area contributed by atoms with Crippen LogP contribution in [-0.2, 0) is 16.0 Å². The third-order valence-electron chi connectivity index (χ3n) is 9.48. The number of benzene rings is 2. The molecule has 0 radical (unpaired) electrons. The van der Waals surface area contributed by atoms with Gasteiger partial charge in [-0.3, -0.25) is 4.79 Å². The van der Waals surface area contributed by atoms with Crippen LogP contribution in [0.25, 0.3) is 0 Å². The molecule has 1 aromatic heterocycles. The van der Waals surface area contributed by atoms with E-state index in [2.05, 4.69) is 59.9 Å². The van der Waals surface area contributed by atoms with Gasteiger partial charge in [0.15, 0.2) is 5.78 Å². The minimum Gasteiger partial charge on any atom is -0.462 e. The van der Waals surface area contributed by atoms with Crippen LogP contribution in [0.1, 0.15) is 98.2 Å². The molecule has 2 aliphatic rings. The molecular formula is C34H44N4O4. The van der Waals surface area contributed by atoms with Crippen molar-refractivity contribution in [2.45, 2.75) is 78.0 Å². The Kier molecular flexibility index (Phi) is 8.85. The lowest BCUT2D eigenvalue weighted by Crippen LogP contribution is -2.55. The number of ketones is 1. The number of carbonyl (C=O) groups excluding carboxylic acids is 2. The molecule has 1 saturated heterocycles. The first-order valence-corrected chi connectivity index (χ1v) is 15.4. The number of hydrogen-bond donors (Lipinski definition) is 3. The van der Waals surface area contributed by atoms with Gasteiger partial charge in [-0.05, 0) is 68.5 Å². The molecule has 0 bridgehead atoms. The lowest BCUT2D eigenvalue weighted by Gasteiger charge is -2.49. The molecular weight excluding hydrogens is 528 g/mol. The second-order valence-corrected chi connectivity index (χ2v) is 11.7. The van der Waals surface area contributed by atoms with Crippen molar-refractivity contribution in [1.29, 1.82) is 0 Å². The van der Waals surface area contributed by atoms with Gasteiger partial charge in [0, 0.05) is 22.9 Å². The van der Waals surface area contributed by atoms with Crippen LogP contribution in [0.3, 0.4) is 0 Å². The van der Waals surface area contributed by atoms with E-state index < -0.39 is 11.5 Å². The fraction of sp³-hybridized carbons (Fsp3) is 0.500. The number of esters is 1. The van der Waals surface area contributed by atoms with Crippen molar-refractivity contribution >= 4 is 17.4 Å². The Morgan fingerprint density at radius 3 is 2.57 bits per heavy atom. The largest absolute Gasteiger partial charge is 0.462 e. The summed E-state index contributed by atoms with van der Waals surface area (Å²) in [5.74, 6) is -0.485. The monoisotopic (exact) mass is 572 g/mol. The second kappa shape index (κ2) is 12.4. The Hall–Kier alpha value is -3.49. The van der Waals surface area contributed by atoms with Crippen molar-refractivity contribution in [2.24, 2.45) is 11.3 Å². The highest BCUT2D eigenvalue weighted by molar-refractivity contribution is 5.91. The summed E-state index contributed by atoms with van der Waals surface area (Å²) in [5.41, 5.74) is 4.90. The van der Waals surface area contributed by atoms with Crippen LogP contribution in [-0.4, -0.2) is 52.4 Å². The molecule has 0 spiro atoms. The molecule has 2 aromatic carbocycles. The van der Waals surface area contributed by atoms with E-state index in [4.69, 9.17) is 4.74 Å². The van der Waals surface area contributed by atoms with Crippen molar-refractivity contribution in [3.63, 3.8) is 0 Å². The predicted molar refractivity (Wildman–Crippen MR) is 164 cm³/mol. The smallest absolute Gasteiger partial charge is 0.341 e. The van der Waals surface area contributed by atoms with Crippen molar-refractivity contribution in [1.82, 2.24) is 15.1 Å². The maximum Gasteiger partial charge on any atom is 0.341 e. The summed E-state index contributed by atoms with van der Waals surface area (Å²) in [5, 5.41) is 22.6. The molecule has 0 amide bonds. The molecule has 8 nitrogen and oxygen atoms in total. The van der Waals surface area contributed by atoms with Crippen molar-refractivity contribution in [2.75, 3.05) is 25.0 Å². The van der Waals surface area contributed by atoms with Gasteiger partial charge >= 0.3 is 5.97 Å². The number of anilines is 1. The van der Waals surface area contributed by atoms with Crippen molar-refractivity contribution in [3.05, 3.63) is 82.7 Å². The first-order valence-electron chi connectivity index (χ1n) is 15.4. The fourth-order valence-corrected chi connectivity index (χ4v) is 7.50. The molecule has 3 heterocycles. The van der Waals surface area contributed by atoms with Gasteiger partial charge in [0.2, 0.25) is 0 Å². The van der Waals surface area contributed by atoms with E-state index in [1.54, 1.807) is 20.0 Å². The molecule has 42 heavy (non-hydrogen) atoms. The molecule has 2 aliphatic heterocycles. The Morgan fingerprint density at radius 2 is 1.90 bits per heavy atom. The van der Waals surface area contributed by atoms with Gasteiger partial charge in [-0.1, -0.05) is 69.7 Å². The number of rotatable bonds is 10. The Morgan fingerprint density at radius 1 is 1.14 bits per heavy atom. The molecule has 0 aliphatic carbocycles. The average molecular weight is 573 g/mol. The van der Waals surface area contributed by atoms with Gasteiger partial charge in [0.1, 0.15) is 17.8 Å². The third kappa shape index (κ3) is 5.05. The number of Topliss-reactive ketones (excluding diaryl/α,β-unsaturated/α-hetero) is 1. The van der Waals surface area contributed by atoms with Gasteiger partial charge in [-0.15, -0.1) is 0 Å². The van der Waals surface area contributed by atoms with Gasteiger partial charge in [0.25, 0.3) is 0 Å². The SMILES string of the molecule is CCOC(=O)c1cnn(C2Nc3cc(C(c4ccccc4)C4(C(=O)[C@H](C)O)CCNCC4CC)ccc3C2C)c1CC. The highest BCUT2D eigenvalue weighted by Crippen LogP contribution is 2.53. The van der Waals surface area contributed by atoms with Crippen LogP contribution in [0.2, 0.25) is 0 Å². The van der Waals surface area contributed by atoms with Gasteiger partial charge in [-0.2, -0.15) is 5.10 Å². The van der Waals surface area contributed by atoms with E-state index in [1.165, 1.54) is 5.56 Å². The highest BCUT2D eigenvalue weighted by Gasteiger charge is 2.53. The Labute approximate surface area is 248 Å². The van der Waals surface area contributed by atoms with Gasteiger partial charge < -0.3 is 20.5 Å². The van der Waals surface area contributed by atoms with Crippen LogP contribution in [0.4, 0.5) is 5.69 Å². The number of fused-ring (bicyclic) bond motifs is 1. The fourth-order valence-electron chi connectivity index (χ4n) is 7.50. The van der Waals surface area contributed by atoms with E-state index in [0.717, 1.165) is 42.0 Å². The van der Waals surface area contributed by atoms with Crippen LogP contribution in [0.15, 0.2) is 54.7 Å². The Balaban J connectivity index is 1.59. The number of aliphatic hydroxyl groups is 1. The summed E-state index contributed by atoms with van der Waals surface area (Å²) in [6.45, 7) is 11.5. The van der Waals surface area contributed by atoms with Crippen LogP contribution >= 0.6 is 0 Å². The van der Waals surface area contributed by atoms with E-state index in [0.29, 0.717) is 25.0 Å². The second-order valence-electron chi connectivity index (χ2n) is 11.7. The van der Waals surface area contributed by atoms with Crippen molar-refractivity contribution in [3.8, 4) is 0 Å². The minimum absolute atomic E-state index is 0.0731. The minimum atomic E-state index is -1.05. The molecule has 3 aromatic rings. The Bertz CT molecular complexity index is 1420. The number of hydrogen-bond acceptors (Lipinski definition) is 7. The van der Waals surface area contributed by atoms with Gasteiger partial charge in [-0.25, -0.2) is 9.48 Å². The van der Waals surface area contributed by atoms with Crippen molar-refractivity contribution < 1.29 is 19.4 Å². The number of carbonyl (C=O) groups is 2. The maximum atomic E-state index is 14.1. The van der Waals surface area contributed by atoms with E-state index in [1.807, 2.05) is 29.8 Å². The summed E-state index contributed by atoms with van der Waals surface area (Å²) in [6, 6.07) is 16.8. The average Bonchev–Trinajstić information content (AvgIpc) is 3.58. The predicted octanol–water partition coefficient (Wildman–Crippen LogP) is 5.44. The quantitative estimate of drug-likeness (QED) is 0.278. The first kappa shape index (κ1) is 30.0. The summed E-state index contributed by atoms with van der Waals surface area (Å²) in [7, 11) is 0. The highest BCUT2D eigenvalue weighted by atomic mass is 16.5. The van der Waals surface area contributed by atoms with Crippen LogP contribution in [0, 0.1) is 11.3 Å². The lowest BCUT2D eigenvalue weighted by atomic mass is 9.55. The lowest BCUT2D eigenvalue weighted by molar-refractivity contribution is -0.143. The number of nitrogens with zero attached hydrogens (tertiary/aromatic N) is 2. The number of ether oxygens (including phenoxy) is 1. The normalized spacial score (nSPS) is 24.9. The molecule has 1 fully saturated rings. The number of nitrogens with one attached hydrogen (secondary N) is 2. The summed E-state index contributed by atoms with van der Waals surface area (Å²) >= 11 is 0. The van der Waals surface area contributed by atoms with Gasteiger partial charge in [0.05, 0.1) is 18.5 Å².